The summed E-state index contributed by atoms with van der Waals surface area (Å²) in [6, 6.07) is 9.20. The first kappa shape index (κ1) is 31.7. The van der Waals surface area contributed by atoms with Crippen molar-refractivity contribution in [2.75, 3.05) is 31.3 Å². The molecule has 2 N–H and O–H groups in total. The van der Waals surface area contributed by atoms with E-state index >= 15 is 0 Å². The minimum atomic E-state index is -0.731. The number of rotatable bonds is 11. The van der Waals surface area contributed by atoms with Gasteiger partial charge < -0.3 is 15.0 Å². The predicted molar refractivity (Wildman–Crippen MR) is 163 cm³/mol. The van der Waals surface area contributed by atoms with E-state index in [1.165, 1.54) is 61.3 Å². The standard InChI is InChI=1S/C30H44N4O5S2/c1-21(31-30(38)26-19-40-20-34(26)27(36)18-39-22(2)35)29(37)32-41-28(24-11-7-4-8-12-24)25-13-15-33(16-14-25)17-23-9-5-3-6-10-23/h3,5-6,9-10,21,24-26,28H,4,7-8,11-20H2,1-2H3,(H,31,38)(H,32,37)/t21-,26+,28?/m1/s1. The summed E-state index contributed by atoms with van der Waals surface area (Å²) in [4.78, 5) is 53.6. The molecule has 3 atom stereocenters. The van der Waals surface area contributed by atoms with E-state index < -0.39 is 24.0 Å². The van der Waals surface area contributed by atoms with Gasteiger partial charge in [-0.25, -0.2) is 0 Å². The largest absolute Gasteiger partial charge is 0.456 e. The molecule has 9 nitrogen and oxygen atoms in total. The smallest absolute Gasteiger partial charge is 0.303 e. The fraction of sp³-hybridized carbons (Fsp3) is 0.667. The minimum absolute atomic E-state index is 0.228. The minimum Gasteiger partial charge on any atom is -0.456 e. The Bertz CT molecular complexity index is 1030. The van der Waals surface area contributed by atoms with Gasteiger partial charge in [-0.1, -0.05) is 49.6 Å². The molecule has 0 radical (unpaired) electrons. The average molecular weight is 605 g/mol. The molecule has 11 heteroatoms. The molecular formula is C30H44N4O5S2. The van der Waals surface area contributed by atoms with E-state index in [1.54, 1.807) is 18.9 Å². The second-order valence-electron chi connectivity index (χ2n) is 11.4. The summed E-state index contributed by atoms with van der Waals surface area (Å²) < 4.78 is 7.91. The van der Waals surface area contributed by atoms with Crippen LogP contribution in [-0.4, -0.2) is 82.2 Å². The molecule has 1 aromatic carbocycles. The molecule has 2 saturated heterocycles. The van der Waals surface area contributed by atoms with Crippen molar-refractivity contribution >= 4 is 47.4 Å². The third kappa shape index (κ3) is 9.38. The number of nitrogens with zero attached hydrogens (tertiary/aromatic N) is 2. The van der Waals surface area contributed by atoms with Gasteiger partial charge in [0.2, 0.25) is 5.91 Å². The highest BCUT2D eigenvalue weighted by Crippen LogP contribution is 2.39. The van der Waals surface area contributed by atoms with E-state index in [-0.39, 0.29) is 18.4 Å². The van der Waals surface area contributed by atoms with Crippen LogP contribution >= 0.6 is 23.7 Å². The molecule has 1 saturated carbocycles. The van der Waals surface area contributed by atoms with Crippen LogP contribution in [0.2, 0.25) is 0 Å². The van der Waals surface area contributed by atoms with Gasteiger partial charge in [0, 0.05) is 24.5 Å². The van der Waals surface area contributed by atoms with Crippen LogP contribution in [0.5, 0.6) is 0 Å². The zero-order valence-electron chi connectivity index (χ0n) is 24.2. The normalized spacial score (nSPS) is 22.1. The maximum absolute atomic E-state index is 13.1. The molecule has 41 heavy (non-hydrogen) atoms. The molecule has 0 aromatic heterocycles. The number of likely N-dealkylation sites (tertiary alicyclic amines) is 1. The van der Waals surface area contributed by atoms with Gasteiger partial charge in [0.1, 0.15) is 12.1 Å². The Labute approximate surface area is 252 Å². The van der Waals surface area contributed by atoms with Crippen LogP contribution in [-0.2, 0) is 30.5 Å². The number of piperidine rings is 1. The zero-order chi connectivity index (χ0) is 29.2. The molecule has 3 fully saturated rings. The Morgan fingerprint density at radius 3 is 2.39 bits per heavy atom. The summed E-state index contributed by atoms with van der Waals surface area (Å²) in [6.45, 7) is 5.64. The van der Waals surface area contributed by atoms with E-state index in [9.17, 15) is 19.2 Å². The summed E-state index contributed by atoms with van der Waals surface area (Å²) in [5, 5.41) is 3.16. The van der Waals surface area contributed by atoms with Crippen LogP contribution in [0.25, 0.3) is 0 Å². The summed E-state index contributed by atoms with van der Waals surface area (Å²) >= 11 is 3.02. The maximum atomic E-state index is 13.1. The highest BCUT2D eigenvalue weighted by Gasteiger charge is 2.37. The van der Waals surface area contributed by atoms with Crippen LogP contribution in [0.1, 0.15) is 64.4 Å². The quantitative estimate of drug-likeness (QED) is 0.292. The van der Waals surface area contributed by atoms with E-state index in [2.05, 4.69) is 45.3 Å². The van der Waals surface area contributed by atoms with Crippen LogP contribution in [0, 0.1) is 11.8 Å². The maximum Gasteiger partial charge on any atom is 0.303 e. The van der Waals surface area contributed by atoms with Crippen LogP contribution in [0.4, 0.5) is 0 Å². The molecule has 4 rings (SSSR count). The fourth-order valence-electron chi connectivity index (χ4n) is 6.06. The predicted octanol–water partition coefficient (Wildman–Crippen LogP) is 3.58. The zero-order valence-corrected chi connectivity index (χ0v) is 25.9. The molecule has 0 bridgehead atoms. The molecule has 2 heterocycles. The first-order valence-electron chi connectivity index (χ1n) is 14.8. The molecule has 1 aliphatic carbocycles. The van der Waals surface area contributed by atoms with Crippen LogP contribution in [0.3, 0.4) is 0 Å². The second-order valence-corrected chi connectivity index (χ2v) is 13.4. The lowest BCUT2D eigenvalue weighted by Gasteiger charge is -2.40. The first-order chi connectivity index (χ1) is 19.8. The van der Waals surface area contributed by atoms with Crippen molar-refractivity contribution in [1.82, 2.24) is 19.8 Å². The summed E-state index contributed by atoms with van der Waals surface area (Å²) in [5.74, 6) is 0.378. The lowest BCUT2D eigenvalue weighted by atomic mass is 9.79. The SMILES string of the molecule is CC(=O)OCC(=O)N1CSC[C@H]1C(=O)N[C@H](C)C(=O)NSC(C1CCCCC1)C1CCN(Cc2ccccc2)CC1. The molecule has 1 aromatic rings. The number of benzene rings is 1. The number of hydrogen-bond acceptors (Lipinski definition) is 8. The van der Waals surface area contributed by atoms with Crippen molar-refractivity contribution in [3.05, 3.63) is 35.9 Å². The Balaban J connectivity index is 1.28. The van der Waals surface area contributed by atoms with Crippen molar-refractivity contribution in [3.8, 4) is 0 Å². The van der Waals surface area contributed by atoms with Gasteiger partial charge in [-0.2, -0.15) is 0 Å². The summed E-state index contributed by atoms with van der Waals surface area (Å²) in [5.41, 5.74) is 1.35. The van der Waals surface area contributed by atoms with Crippen molar-refractivity contribution < 1.29 is 23.9 Å². The van der Waals surface area contributed by atoms with Gasteiger partial charge in [0.05, 0.1) is 5.88 Å². The number of hydrogen-bond donors (Lipinski definition) is 2. The van der Waals surface area contributed by atoms with Gasteiger partial charge in [-0.15, -0.1) is 11.8 Å². The molecule has 2 aliphatic heterocycles. The molecule has 226 valence electrons. The van der Waals surface area contributed by atoms with Crippen LogP contribution < -0.4 is 10.0 Å². The third-order valence-corrected chi connectivity index (χ3v) is 10.8. The monoisotopic (exact) mass is 604 g/mol. The summed E-state index contributed by atoms with van der Waals surface area (Å²) in [6.07, 6.45) is 8.46. The number of nitrogens with one attached hydrogen (secondary N) is 2. The number of ether oxygens (including phenoxy) is 1. The molecule has 3 amide bonds. The molecule has 0 spiro atoms. The van der Waals surface area contributed by atoms with Crippen molar-refractivity contribution in [3.63, 3.8) is 0 Å². The number of carbonyl (C=O) groups excluding carboxylic acids is 4. The van der Waals surface area contributed by atoms with E-state index in [0.717, 1.165) is 32.5 Å². The van der Waals surface area contributed by atoms with Gasteiger partial charge in [-0.3, -0.25) is 28.8 Å². The van der Waals surface area contributed by atoms with E-state index in [0.29, 0.717) is 28.7 Å². The Morgan fingerprint density at radius 2 is 1.71 bits per heavy atom. The number of thioether (sulfide) groups is 1. The average Bonchev–Trinajstić information content (AvgIpc) is 3.48. The van der Waals surface area contributed by atoms with Gasteiger partial charge in [-0.05, 0) is 75.0 Å². The lowest BCUT2D eigenvalue weighted by Crippen LogP contribution is -2.53. The topological polar surface area (TPSA) is 108 Å². The third-order valence-electron chi connectivity index (χ3n) is 8.41. The fourth-order valence-corrected chi connectivity index (χ4v) is 8.60. The van der Waals surface area contributed by atoms with Crippen molar-refractivity contribution in [2.24, 2.45) is 11.8 Å². The highest BCUT2D eigenvalue weighted by molar-refractivity contribution is 7.99. The first-order valence-corrected chi connectivity index (χ1v) is 16.9. The van der Waals surface area contributed by atoms with Gasteiger partial charge in [0.15, 0.2) is 6.61 Å². The van der Waals surface area contributed by atoms with E-state index in [1.807, 2.05) is 0 Å². The van der Waals surface area contributed by atoms with Crippen LogP contribution in [0.15, 0.2) is 30.3 Å². The van der Waals surface area contributed by atoms with Crippen molar-refractivity contribution in [2.45, 2.75) is 82.7 Å². The Morgan fingerprint density at radius 1 is 1.02 bits per heavy atom. The van der Waals surface area contributed by atoms with Gasteiger partial charge >= 0.3 is 5.97 Å². The Kier molecular flexibility index (Phi) is 12.2. The number of amides is 3. The summed E-state index contributed by atoms with van der Waals surface area (Å²) in [7, 11) is 0. The van der Waals surface area contributed by atoms with Gasteiger partial charge in [0.25, 0.3) is 11.8 Å². The molecule has 1 unspecified atom stereocenters. The number of esters is 1. The molecular weight excluding hydrogens is 560 g/mol. The second kappa shape index (κ2) is 15.8. The van der Waals surface area contributed by atoms with E-state index in [4.69, 9.17) is 4.74 Å². The van der Waals surface area contributed by atoms with Crippen molar-refractivity contribution in [1.29, 1.82) is 0 Å². The lowest BCUT2D eigenvalue weighted by molar-refractivity contribution is -0.151. The molecule has 3 aliphatic rings. The number of carbonyl (C=O) groups is 4. The highest BCUT2D eigenvalue weighted by atomic mass is 32.2. The Hall–Kier alpha value is -2.24.